The molecule has 4 heterocycles. The van der Waals surface area contributed by atoms with Crippen LogP contribution in [0.15, 0.2) is 73.1 Å². The Morgan fingerprint density at radius 3 is 1.59 bits per heavy atom. The molecule has 4 amide bonds. The molecule has 3 aromatic carbocycles. The van der Waals surface area contributed by atoms with Crippen LogP contribution < -0.4 is 10.6 Å². The summed E-state index contributed by atoms with van der Waals surface area (Å²) in [6.45, 7) is 8.78. The first-order valence-corrected chi connectivity index (χ1v) is 20.0. The standard InChI is InChI=1S/C44H52N8O6/c1-25(2)37(49-43(55)57-5)41(53)51-21-9-13-35(51)39-45-23-33(47-39)28-17-15-27(16-18-28)29-19-20-32(31-12-8-7-11-30(29)31)34-24-46-40(48-34)36-14-10-22-52(36)42(54)38(26(3)4)50-44(56)58-6/h7-8,11-12,15-20,23-26,35-38H,9-10,13-14,21-22H2,1-6H3,(H,45,47)(H,46,48)(H,49,55)(H,50,56)/t35-,36-,37-,38-/m0/s1. The number of aromatic nitrogens is 4. The van der Waals surface area contributed by atoms with Crippen LogP contribution in [-0.2, 0) is 19.1 Å². The Bertz CT molecular complexity index is 2280. The Hall–Kier alpha value is -6.18. The van der Waals surface area contributed by atoms with E-state index in [1.54, 1.807) is 0 Å². The fourth-order valence-corrected chi connectivity index (χ4v) is 8.30. The van der Waals surface area contributed by atoms with E-state index < -0.39 is 24.3 Å². The molecule has 2 aromatic heterocycles. The lowest BCUT2D eigenvalue weighted by molar-refractivity contribution is -0.136. The molecule has 2 saturated heterocycles. The van der Waals surface area contributed by atoms with Gasteiger partial charge in [0.2, 0.25) is 11.8 Å². The Morgan fingerprint density at radius 2 is 1.09 bits per heavy atom. The third-order valence-corrected chi connectivity index (χ3v) is 11.4. The third-order valence-electron chi connectivity index (χ3n) is 11.4. The van der Waals surface area contributed by atoms with Crippen LogP contribution in [0, 0.1) is 11.8 Å². The third kappa shape index (κ3) is 8.00. The molecule has 14 nitrogen and oxygen atoms in total. The molecule has 4 atom stereocenters. The molecule has 58 heavy (non-hydrogen) atoms. The molecule has 0 radical (unpaired) electrons. The maximum absolute atomic E-state index is 13.7. The molecule has 304 valence electrons. The highest BCUT2D eigenvalue weighted by atomic mass is 16.5. The average Bonchev–Trinajstić information content (AvgIpc) is 4.08. The van der Waals surface area contributed by atoms with E-state index in [0.717, 1.165) is 81.7 Å². The van der Waals surface area contributed by atoms with Gasteiger partial charge in [-0.15, -0.1) is 0 Å². The summed E-state index contributed by atoms with van der Waals surface area (Å²) in [5.74, 6) is 0.920. The van der Waals surface area contributed by atoms with Crippen molar-refractivity contribution in [1.29, 1.82) is 0 Å². The minimum absolute atomic E-state index is 0.111. The Balaban J connectivity index is 1.09. The van der Waals surface area contributed by atoms with E-state index in [-0.39, 0.29) is 35.7 Å². The van der Waals surface area contributed by atoms with Gasteiger partial charge in [0.05, 0.1) is 50.1 Å². The number of carbonyl (C=O) groups is 4. The van der Waals surface area contributed by atoms with Gasteiger partial charge in [-0.2, -0.15) is 0 Å². The molecular formula is C44H52N8O6. The Morgan fingerprint density at radius 1 is 0.638 bits per heavy atom. The van der Waals surface area contributed by atoms with Crippen LogP contribution in [-0.4, -0.2) is 93.1 Å². The molecule has 2 aliphatic rings. The van der Waals surface area contributed by atoms with Crippen LogP contribution in [0.3, 0.4) is 0 Å². The van der Waals surface area contributed by atoms with E-state index in [1.165, 1.54) is 14.2 Å². The zero-order valence-electron chi connectivity index (χ0n) is 33.9. The zero-order valence-corrected chi connectivity index (χ0v) is 33.9. The predicted octanol–water partition coefficient (Wildman–Crippen LogP) is 7.38. The van der Waals surface area contributed by atoms with Crippen LogP contribution in [0.1, 0.15) is 77.1 Å². The second kappa shape index (κ2) is 17.1. The van der Waals surface area contributed by atoms with E-state index in [1.807, 2.05) is 62.0 Å². The summed E-state index contributed by atoms with van der Waals surface area (Å²) in [7, 11) is 2.58. The zero-order chi connectivity index (χ0) is 41.1. The molecule has 4 N–H and O–H groups in total. The van der Waals surface area contributed by atoms with Gasteiger partial charge in [-0.25, -0.2) is 19.6 Å². The summed E-state index contributed by atoms with van der Waals surface area (Å²) in [5.41, 5.74) is 5.83. The van der Waals surface area contributed by atoms with Gasteiger partial charge in [-0.1, -0.05) is 88.4 Å². The van der Waals surface area contributed by atoms with Crippen molar-refractivity contribution < 1.29 is 28.7 Å². The maximum Gasteiger partial charge on any atom is 0.407 e. The molecule has 7 rings (SSSR count). The fraction of sp³-hybridized carbons (Fsp3) is 0.409. The number of rotatable bonds is 11. The van der Waals surface area contributed by atoms with Crippen molar-refractivity contribution in [2.75, 3.05) is 27.3 Å². The topological polar surface area (TPSA) is 175 Å². The van der Waals surface area contributed by atoms with Gasteiger partial charge in [-0.3, -0.25) is 9.59 Å². The number of benzene rings is 3. The first kappa shape index (κ1) is 40.0. The second-order valence-corrected chi connectivity index (χ2v) is 15.7. The monoisotopic (exact) mass is 788 g/mol. The molecule has 2 aliphatic heterocycles. The quantitative estimate of drug-likeness (QED) is 0.107. The summed E-state index contributed by atoms with van der Waals surface area (Å²) < 4.78 is 9.56. The number of likely N-dealkylation sites (tertiary alicyclic amines) is 2. The molecular weight excluding hydrogens is 737 g/mol. The van der Waals surface area contributed by atoms with Gasteiger partial charge in [0.1, 0.15) is 23.7 Å². The normalized spacial score (nSPS) is 17.8. The Kier molecular flexibility index (Phi) is 11.8. The largest absolute Gasteiger partial charge is 0.453 e. The number of aromatic amines is 2. The van der Waals surface area contributed by atoms with Crippen LogP contribution in [0.4, 0.5) is 9.59 Å². The van der Waals surface area contributed by atoms with Gasteiger partial charge in [0.25, 0.3) is 0 Å². The van der Waals surface area contributed by atoms with Crippen molar-refractivity contribution in [3.63, 3.8) is 0 Å². The molecule has 2 fully saturated rings. The van der Waals surface area contributed by atoms with E-state index in [2.05, 4.69) is 69.1 Å². The second-order valence-electron chi connectivity index (χ2n) is 15.7. The van der Waals surface area contributed by atoms with Gasteiger partial charge < -0.3 is 39.9 Å². The van der Waals surface area contributed by atoms with E-state index in [0.29, 0.717) is 13.1 Å². The van der Waals surface area contributed by atoms with Gasteiger partial charge in [-0.05, 0) is 65.0 Å². The minimum atomic E-state index is -0.702. The van der Waals surface area contributed by atoms with E-state index >= 15 is 0 Å². The number of fused-ring (bicyclic) bond motifs is 1. The van der Waals surface area contributed by atoms with Crippen molar-refractivity contribution in [2.45, 2.75) is 77.5 Å². The molecule has 0 aliphatic carbocycles. The number of H-pyrrole nitrogens is 2. The van der Waals surface area contributed by atoms with Gasteiger partial charge >= 0.3 is 12.2 Å². The van der Waals surface area contributed by atoms with E-state index in [9.17, 15) is 19.2 Å². The highest BCUT2D eigenvalue weighted by molar-refractivity contribution is 6.04. The first-order valence-electron chi connectivity index (χ1n) is 20.0. The summed E-state index contributed by atoms with van der Waals surface area (Å²) >= 11 is 0. The van der Waals surface area contributed by atoms with Crippen molar-refractivity contribution in [3.05, 3.63) is 84.7 Å². The number of alkyl carbamates (subject to hydrolysis) is 2. The van der Waals surface area contributed by atoms with Gasteiger partial charge in [0.15, 0.2) is 0 Å². The van der Waals surface area contributed by atoms with Crippen molar-refractivity contribution >= 4 is 34.8 Å². The SMILES string of the molecule is COC(=O)N[C@H](C(=O)N1CCC[C@H]1c1ncc(-c2ccc(-c3ccc(-c4cnc([C@@H]5CCCN5C(=O)[C@@H](NC(=O)OC)C(C)C)[nH]4)c4ccccc34)cc2)[nH]1)C(C)C. The molecule has 0 spiro atoms. The number of methoxy groups -OCH3 is 2. The van der Waals surface area contributed by atoms with E-state index in [4.69, 9.17) is 19.4 Å². The summed E-state index contributed by atoms with van der Waals surface area (Å²) in [6, 6.07) is 19.0. The number of hydrogen-bond donors (Lipinski definition) is 4. The molecule has 0 saturated carbocycles. The molecule has 0 bridgehead atoms. The van der Waals surface area contributed by atoms with Crippen molar-refractivity contribution in [2.24, 2.45) is 11.8 Å². The van der Waals surface area contributed by atoms with Crippen LogP contribution in [0.25, 0.3) is 44.4 Å². The van der Waals surface area contributed by atoms with Crippen LogP contribution >= 0.6 is 0 Å². The predicted molar refractivity (Wildman–Crippen MR) is 220 cm³/mol. The number of nitrogens with zero attached hydrogens (tertiary/aromatic N) is 4. The minimum Gasteiger partial charge on any atom is -0.453 e. The summed E-state index contributed by atoms with van der Waals surface area (Å²) in [5, 5.41) is 7.57. The van der Waals surface area contributed by atoms with Gasteiger partial charge in [0, 0.05) is 18.7 Å². The number of carbonyl (C=O) groups excluding carboxylic acids is 4. The highest BCUT2D eigenvalue weighted by Crippen LogP contribution is 2.38. The number of amides is 4. The first-order chi connectivity index (χ1) is 28.0. The fourth-order valence-electron chi connectivity index (χ4n) is 8.30. The highest BCUT2D eigenvalue weighted by Gasteiger charge is 2.39. The maximum atomic E-state index is 13.7. The number of hydrogen-bond acceptors (Lipinski definition) is 8. The number of ether oxygens (including phenoxy) is 2. The Labute approximate surface area is 338 Å². The smallest absolute Gasteiger partial charge is 0.407 e. The summed E-state index contributed by atoms with van der Waals surface area (Å²) in [4.78, 5) is 71.4. The van der Waals surface area contributed by atoms with Crippen LogP contribution in [0.2, 0.25) is 0 Å². The molecule has 14 heteroatoms. The average molecular weight is 789 g/mol. The summed E-state index contributed by atoms with van der Waals surface area (Å²) in [6.07, 6.45) is 5.61. The number of imidazole rings is 2. The lowest BCUT2D eigenvalue weighted by atomic mass is 9.93. The van der Waals surface area contributed by atoms with Crippen molar-refractivity contribution in [1.82, 2.24) is 40.4 Å². The lowest BCUT2D eigenvalue weighted by Crippen LogP contribution is -2.51. The van der Waals surface area contributed by atoms with Crippen LogP contribution in [0.5, 0.6) is 0 Å². The van der Waals surface area contributed by atoms with Crippen molar-refractivity contribution in [3.8, 4) is 33.6 Å². The lowest BCUT2D eigenvalue weighted by Gasteiger charge is -2.30. The molecule has 0 unspecified atom stereocenters. The number of nitrogens with one attached hydrogen (secondary N) is 4. The molecule has 5 aromatic rings.